The molecule has 0 unspecified atom stereocenters. The molecule has 5 nitrogen and oxygen atoms in total. The van der Waals surface area contributed by atoms with Crippen molar-refractivity contribution in [3.05, 3.63) is 34.1 Å². The number of hydrogen-bond donors (Lipinski definition) is 1. The van der Waals surface area contributed by atoms with Crippen molar-refractivity contribution in [2.75, 3.05) is 11.1 Å². The monoisotopic (exact) mass is 384 g/mol. The smallest absolute Gasteiger partial charge is 0.225 e. The molecule has 1 saturated carbocycles. The molecule has 24 heavy (non-hydrogen) atoms. The lowest BCUT2D eigenvalue weighted by Crippen LogP contribution is -2.12. The number of anilines is 1. The second-order valence-corrected chi connectivity index (χ2v) is 7.54. The summed E-state index contributed by atoms with van der Waals surface area (Å²) in [5.41, 5.74) is 0.534. The Morgan fingerprint density at radius 2 is 2.17 bits per heavy atom. The van der Waals surface area contributed by atoms with E-state index in [4.69, 9.17) is 23.2 Å². The number of carbonyl (C=O) groups is 1. The Hall–Kier alpha value is -1.24. The Balaban J connectivity index is 1.53. The molecule has 0 spiro atoms. The SMILES string of the molecule is CCn1c(SCCC(=O)Nc2cc(Cl)ccc2Cl)nnc1C1CC1. The van der Waals surface area contributed by atoms with Gasteiger partial charge in [-0.05, 0) is 38.0 Å². The zero-order valence-corrected chi connectivity index (χ0v) is 15.6. The standard InChI is InChI=1S/C16H18Cl2N4OS/c1-2-22-15(10-3-4-10)20-21-16(22)24-8-7-14(23)19-13-9-11(17)5-6-12(13)18/h5-6,9-10H,2-4,7-8H2,1H3,(H,19,23). The quantitative estimate of drug-likeness (QED) is 0.708. The average molecular weight is 385 g/mol. The molecular formula is C16H18Cl2N4OS. The van der Waals surface area contributed by atoms with E-state index in [1.807, 2.05) is 0 Å². The summed E-state index contributed by atoms with van der Waals surface area (Å²) in [6.45, 7) is 2.94. The van der Waals surface area contributed by atoms with E-state index in [2.05, 4.69) is 27.0 Å². The van der Waals surface area contributed by atoms with Gasteiger partial charge in [0.1, 0.15) is 5.82 Å². The van der Waals surface area contributed by atoms with Gasteiger partial charge in [0.2, 0.25) is 5.91 Å². The Morgan fingerprint density at radius 3 is 2.88 bits per heavy atom. The highest BCUT2D eigenvalue weighted by atomic mass is 35.5. The van der Waals surface area contributed by atoms with Crippen LogP contribution in [0.25, 0.3) is 0 Å². The van der Waals surface area contributed by atoms with Crippen molar-refractivity contribution in [1.29, 1.82) is 0 Å². The van der Waals surface area contributed by atoms with Crippen LogP contribution in [0.5, 0.6) is 0 Å². The van der Waals surface area contributed by atoms with Crippen molar-refractivity contribution in [3.63, 3.8) is 0 Å². The molecule has 0 saturated heterocycles. The van der Waals surface area contributed by atoms with Crippen LogP contribution in [-0.4, -0.2) is 26.4 Å². The average Bonchev–Trinajstić information content (AvgIpc) is 3.32. The molecule has 0 atom stereocenters. The number of benzene rings is 1. The topological polar surface area (TPSA) is 59.8 Å². The molecule has 1 aliphatic carbocycles. The first kappa shape index (κ1) is 17.6. The molecule has 3 rings (SSSR count). The maximum absolute atomic E-state index is 12.1. The largest absolute Gasteiger partial charge is 0.325 e. The molecule has 1 amide bonds. The summed E-state index contributed by atoms with van der Waals surface area (Å²) in [6, 6.07) is 4.99. The number of rotatable bonds is 7. The number of hydrogen-bond acceptors (Lipinski definition) is 4. The van der Waals surface area contributed by atoms with Gasteiger partial charge in [0.15, 0.2) is 5.16 Å². The second kappa shape index (κ2) is 7.76. The highest BCUT2D eigenvalue weighted by Crippen LogP contribution is 2.40. The molecule has 1 aromatic carbocycles. The molecule has 1 fully saturated rings. The number of aromatic nitrogens is 3. The summed E-state index contributed by atoms with van der Waals surface area (Å²) < 4.78 is 2.15. The first-order chi connectivity index (χ1) is 11.6. The maximum Gasteiger partial charge on any atom is 0.225 e. The number of nitrogens with one attached hydrogen (secondary N) is 1. The lowest BCUT2D eigenvalue weighted by Gasteiger charge is -2.08. The van der Waals surface area contributed by atoms with E-state index < -0.39 is 0 Å². The number of carbonyl (C=O) groups excluding carboxylic acids is 1. The summed E-state index contributed by atoms with van der Waals surface area (Å²) in [5.74, 6) is 2.18. The summed E-state index contributed by atoms with van der Waals surface area (Å²) in [5, 5.41) is 13.2. The van der Waals surface area contributed by atoms with Crippen LogP contribution in [0.15, 0.2) is 23.4 Å². The summed E-state index contributed by atoms with van der Waals surface area (Å²) in [7, 11) is 0. The number of nitrogens with zero attached hydrogens (tertiary/aromatic N) is 3. The van der Waals surface area contributed by atoms with Gasteiger partial charge >= 0.3 is 0 Å². The van der Waals surface area contributed by atoms with E-state index in [9.17, 15) is 4.79 Å². The van der Waals surface area contributed by atoms with Crippen LogP contribution < -0.4 is 5.32 Å². The van der Waals surface area contributed by atoms with Gasteiger partial charge in [-0.25, -0.2) is 0 Å². The summed E-state index contributed by atoms with van der Waals surface area (Å²) >= 11 is 13.5. The van der Waals surface area contributed by atoms with Crippen LogP contribution in [0.1, 0.15) is 37.9 Å². The molecule has 1 aromatic heterocycles. The van der Waals surface area contributed by atoms with Gasteiger partial charge < -0.3 is 9.88 Å². The van der Waals surface area contributed by atoms with E-state index in [1.54, 1.807) is 30.0 Å². The third kappa shape index (κ3) is 4.23. The van der Waals surface area contributed by atoms with Crippen LogP contribution in [0.3, 0.4) is 0 Å². The van der Waals surface area contributed by atoms with E-state index in [1.165, 1.54) is 12.8 Å². The van der Waals surface area contributed by atoms with Crippen molar-refractivity contribution in [2.24, 2.45) is 0 Å². The number of amides is 1. The molecule has 1 N–H and O–H groups in total. The maximum atomic E-state index is 12.1. The van der Waals surface area contributed by atoms with Crippen molar-refractivity contribution in [2.45, 2.75) is 43.8 Å². The van der Waals surface area contributed by atoms with E-state index >= 15 is 0 Å². The fraction of sp³-hybridized carbons (Fsp3) is 0.438. The normalized spacial score (nSPS) is 14.0. The van der Waals surface area contributed by atoms with Gasteiger partial charge in [-0.1, -0.05) is 35.0 Å². The summed E-state index contributed by atoms with van der Waals surface area (Å²) in [6.07, 6.45) is 2.76. The van der Waals surface area contributed by atoms with Crippen molar-refractivity contribution in [3.8, 4) is 0 Å². The third-order valence-corrected chi connectivity index (χ3v) is 5.30. The van der Waals surface area contributed by atoms with Crippen LogP contribution in [0, 0.1) is 0 Å². The summed E-state index contributed by atoms with van der Waals surface area (Å²) in [4.78, 5) is 12.1. The molecule has 1 heterocycles. The molecule has 0 radical (unpaired) electrons. The minimum atomic E-state index is -0.100. The van der Waals surface area contributed by atoms with E-state index in [0.717, 1.165) is 17.5 Å². The molecule has 128 valence electrons. The molecular weight excluding hydrogens is 367 g/mol. The van der Waals surface area contributed by atoms with Gasteiger partial charge in [-0.15, -0.1) is 10.2 Å². The zero-order valence-electron chi connectivity index (χ0n) is 13.3. The molecule has 8 heteroatoms. The molecule has 2 aromatic rings. The zero-order chi connectivity index (χ0) is 17.1. The predicted molar refractivity (Wildman–Crippen MR) is 98.1 cm³/mol. The Kier molecular flexibility index (Phi) is 5.69. The third-order valence-electron chi connectivity index (χ3n) is 3.77. The second-order valence-electron chi connectivity index (χ2n) is 5.63. The highest BCUT2D eigenvalue weighted by molar-refractivity contribution is 7.99. The minimum absolute atomic E-state index is 0.100. The lowest BCUT2D eigenvalue weighted by atomic mass is 10.3. The van der Waals surface area contributed by atoms with Gasteiger partial charge in [0.05, 0.1) is 10.7 Å². The lowest BCUT2D eigenvalue weighted by molar-refractivity contribution is -0.115. The molecule has 0 aliphatic heterocycles. The van der Waals surface area contributed by atoms with Crippen LogP contribution in [-0.2, 0) is 11.3 Å². The van der Waals surface area contributed by atoms with Crippen LogP contribution in [0.4, 0.5) is 5.69 Å². The van der Waals surface area contributed by atoms with E-state index in [0.29, 0.717) is 33.8 Å². The van der Waals surface area contributed by atoms with E-state index in [-0.39, 0.29) is 5.91 Å². The Morgan fingerprint density at radius 1 is 1.38 bits per heavy atom. The number of thioether (sulfide) groups is 1. The fourth-order valence-electron chi connectivity index (χ4n) is 2.39. The Labute approximate surface area is 155 Å². The van der Waals surface area contributed by atoms with Crippen LogP contribution in [0.2, 0.25) is 10.0 Å². The fourth-order valence-corrected chi connectivity index (χ4v) is 3.67. The van der Waals surface area contributed by atoms with Gasteiger partial charge in [0, 0.05) is 29.7 Å². The first-order valence-electron chi connectivity index (χ1n) is 7.89. The van der Waals surface area contributed by atoms with Crippen LogP contribution >= 0.6 is 35.0 Å². The highest BCUT2D eigenvalue weighted by Gasteiger charge is 2.29. The van der Waals surface area contributed by atoms with Crippen molar-refractivity contribution >= 4 is 46.6 Å². The van der Waals surface area contributed by atoms with Gasteiger partial charge in [0.25, 0.3) is 0 Å². The molecule has 0 bridgehead atoms. The predicted octanol–water partition coefficient (Wildman–Crippen LogP) is 4.60. The van der Waals surface area contributed by atoms with Gasteiger partial charge in [-0.3, -0.25) is 4.79 Å². The molecule has 1 aliphatic rings. The number of halogens is 2. The van der Waals surface area contributed by atoms with Crippen molar-refractivity contribution < 1.29 is 4.79 Å². The Bertz CT molecular complexity index is 746. The van der Waals surface area contributed by atoms with Gasteiger partial charge in [-0.2, -0.15) is 0 Å². The van der Waals surface area contributed by atoms with Crippen molar-refractivity contribution in [1.82, 2.24) is 14.8 Å². The minimum Gasteiger partial charge on any atom is -0.325 e. The first-order valence-corrected chi connectivity index (χ1v) is 9.63.